The summed E-state index contributed by atoms with van der Waals surface area (Å²) in [6, 6.07) is -0.0654. The van der Waals surface area contributed by atoms with Gasteiger partial charge < -0.3 is 19.9 Å². The summed E-state index contributed by atoms with van der Waals surface area (Å²) in [5.41, 5.74) is 2.41. The van der Waals surface area contributed by atoms with Crippen molar-refractivity contribution < 1.29 is 19.4 Å². The lowest BCUT2D eigenvalue weighted by molar-refractivity contribution is -0.117. The number of amides is 1. The Morgan fingerprint density at radius 3 is 2.80 bits per heavy atom. The highest BCUT2D eigenvalue weighted by Crippen LogP contribution is 2.25. The largest absolute Gasteiger partial charge is 0.389 e. The molecule has 0 spiro atoms. The van der Waals surface area contributed by atoms with Crippen molar-refractivity contribution >= 4 is 5.91 Å². The molecule has 0 saturated heterocycles. The van der Waals surface area contributed by atoms with E-state index in [-0.39, 0.29) is 30.3 Å². The maximum Gasteiger partial charge on any atom is 0.243 e. The van der Waals surface area contributed by atoms with Crippen molar-refractivity contribution in [3.05, 3.63) is 72.4 Å². The number of carbonyl (C=O) groups is 1. The van der Waals surface area contributed by atoms with Crippen LogP contribution in [0.25, 0.3) is 0 Å². The Labute approximate surface area is 211 Å². The van der Waals surface area contributed by atoms with Crippen LogP contribution in [0.4, 0.5) is 0 Å². The van der Waals surface area contributed by atoms with Gasteiger partial charge in [-0.05, 0) is 70.3 Å². The Morgan fingerprint density at radius 1 is 1.14 bits per heavy atom. The number of aliphatic hydroxyl groups excluding tert-OH is 1. The Balaban J connectivity index is 1.65. The fraction of sp³-hybridized carbons (Fsp3) is 0.567. The maximum absolute atomic E-state index is 12.6. The number of ether oxygens (including phenoxy) is 2. The number of fused-ring (bicyclic) bond motifs is 2. The molecule has 35 heavy (non-hydrogen) atoms. The molecule has 0 aromatic carbocycles. The molecule has 6 unspecified atom stereocenters. The molecule has 5 heteroatoms. The van der Waals surface area contributed by atoms with E-state index in [0.29, 0.717) is 38.2 Å². The van der Waals surface area contributed by atoms with Crippen LogP contribution in [-0.4, -0.2) is 48.1 Å². The summed E-state index contributed by atoms with van der Waals surface area (Å²) in [6.45, 7) is 9.20. The number of hydrogen-bond donors (Lipinski definition) is 2. The maximum atomic E-state index is 12.6. The van der Waals surface area contributed by atoms with Crippen LogP contribution in [0.5, 0.6) is 0 Å². The first-order valence-electron chi connectivity index (χ1n) is 13.1. The van der Waals surface area contributed by atoms with Crippen LogP contribution in [0.1, 0.15) is 65.2 Å². The van der Waals surface area contributed by atoms with Gasteiger partial charge in [-0.1, -0.05) is 73.3 Å². The summed E-state index contributed by atoms with van der Waals surface area (Å²) < 4.78 is 12.0. The Bertz CT molecular complexity index is 852. The highest BCUT2D eigenvalue weighted by Gasteiger charge is 2.21. The quantitative estimate of drug-likeness (QED) is 0.523. The predicted molar refractivity (Wildman–Crippen MR) is 142 cm³/mol. The zero-order chi connectivity index (χ0) is 25.0. The summed E-state index contributed by atoms with van der Waals surface area (Å²) in [5, 5.41) is 13.6. The van der Waals surface area contributed by atoms with Crippen LogP contribution in [0, 0.1) is 5.92 Å². The highest BCUT2D eigenvalue weighted by molar-refractivity contribution is 5.87. The minimum absolute atomic E-state index is 0.00331. The van der Waals surface area contributed by atoms with Gasteiger partial charge in [-0.25, -0.2) is 0 Å². The molecule has 192 valence electrons. The molecule has 0 aromatic heterocycles. The number of hydrogen-bond acceptors (Lipinski definition) is 4. The van der Waals surface area contributed by atoms with Crippen LogP contribution >= 0.6 is 0 Å². The van der Waals surface area contributed by atoms with Gasteiger partial charge >= 0.3 is 0 Å². The van der Waals surface area contributed by atoms with Crippen molar-refractivity contribution in [1.29, 1.82) is 0 Å². The van der Waals surface area contributed by atoms with Crippen LogP contribution in [0.2, 0.25) is 0 Å². The SMILES string of the molecule is C=C1CC(O)/C=C\CC(C/C=C/C2CC(C)=CCO2)NC(=O)/C=C\CC2C=CCC(CC(C)C1)O2. The highest BCUT2D eigenvalue weighted by atomic mass is 16.5. The van der Waals surface area contributed by atoms with Gasteiger partial charge in [-0.15, -0.1) is 0 Å². The normalized spacial score (nSPS) is 35.6. The molecule has 5 nitrogen and oxygen atoms in total. The topological polar surface area (TPSA) is 67.8 Å². The molecule has 3 rings (SSSR count). The van der Waals surface area contributed by atoms with Crippen molar-refractivity contribution in [1.82, 2.24) is 5.32 Å². The number of aliphatic hydroxyl groups is 1. The van der Waals surface area contributed by atoms with E-state index in [9.17, 15) is 9.90 Å². The van der Waals surface area contributed by atoms with Gasteiger partial charge in [0.25, 0.3) is 0 Å². The third kappa shape index (κ3) is 10.5. The van der Waals surface area contributed by atoms with Gasteiger partial charge in [0, 0.05) is 6.04 Å². The minimum Gasteiger partial charge on any atom is -0.389 e. The smallest absolute Gasteiger partial charge is 0.243 e. The zero-order valence-corrected chi connectivity index (χ0v) is 21.4. The van der Waals surface area contributed by atoms with E-state index in [1.165, 1.54) is 5.57 Å². The number of carbonyl (C=O) groups excluding carboxylic acids is 1. The summed E-state index contributed by atoms with van der Waals surface area (Å²) in [5.74, 6) is 0.337. The molecule has 3 aliphatic heterocycles. The molecular weight excluding hydrogens is 438 g/mol. The van der Waals surface area contributed by atoms with Gasteiger partial charge in [0.1, 0.15) is 0 Å². The molecule has 0 saturated carbocycles. The molecule has 1 amide bonds. The standard InChI is InChI=1S/C30H43NO4/c1-22-16-17-34-28(20-22)13-5-9-25-8-4-10-26(32)19-23(2)18-24(3)21-29-14-6-11-27(35-29)12-7-15-30(33)31-25/h4-7,10-11,13,15-16,24-29,32H,2,8-9,12,14,17-21H2,1,3H3,(H,31,33)/b10-4-,13-5+,15-7-. The van der Waals surface area contributed by atoms with Crippen molar-refractivity contribution in [2.24, 2.45) is 5.92 Å². The lowest BCUT2D eigenvalue weighted by atomic mass is 9.91. The molecule has 0 radical (unpaired) electrons. The fourth-order valence-corrected chi connectivity index (χ4v) is 4.95. The second kappa shape index (κ2) is 14.4. The van der Waals surface area contributed by atoms with E-state index in [1.54, 1.807) is 6.08 Å². The molecule has 2 bridgehead atoms. The summed E-state index contributed by atoms with van der Waals surface area (Å²) >= 11 is 0. The Morgan fingerprint density at radius 2 is 1.97 bits per heavy atom. The van der Waals surface area contributed by atoms with E-state index in [0.717, 1.165) is 31.3 Å². The van der Waals surface area contributed by atoms with Gasteiger partial charge in [-0.3, -0.25) is 4.79 Å². The van der Waals surface area contributed by atoms with Crippen molar-refractivity contribution in [2.45, 2.75) is 95.7 Å². The van der Waals surface area contributed by atoms with Crippen LogP contribution in [0.3, 0.4) is 0 Å². The first kappa shape index (κ1) is 27.4. The Kier molecular flexibility index (Phi) is 11.2. The van der Waals surface area contributed by atoms with Crippen LogP contribution in [0.15, 0.2) is 72.4 Å². The van der Waals surface area contributed by atoms with Gasteiger partial charge in [0.15, 0.2) is 0 Å². The van der Waals surface area contributed by atoms with Gasteiger partial charge in [0.2, 0.25) is 5.91 Å². The number of rotatable bonds is 3. The molecular formula is C30H43NO4. The molecule has 0 fully saturated rings. The lowest BCUT2D eigenvalue weighted by Crippen LogP contribution is -2.33. The molecule has 0 aromatic rings. The van der Waals surface area contributed by atoms with Gasteiger partial charge in [-0.2, -0.15) is 0 Å². The predicted octanol–water partition coefficient (Wildman–Crippen LogP) is 5.50. The summed E-state index contributed by atoms with van der Waals surface area (Å²) in [6.07, 6.45) is 23.9. The fourth-order valence-electron chi connectivity index (χ4n) is 4.95. The van der Waals surface area contributed by atoms with Crippen molar-refractivity contribution in [3.8, 4) is 0 Å². The second-order valence-corrected chi connectivity index (χ2v) is 10.3. The van der Waals surface area contributed by atoms with Crippen LogP contribution < -0.4 is 5.32 Å². The monoisotopic (exact) mass is 481 g/mol. The summed E-state index contributed by atoms with van der Waals surface area (Å²) in [4.78, 5) is 12.6. The van der Waals surface area contributed by atoms with Crippen molar-refractivity contribution in [2.75, 3.05) is 6.61 Å². The van der Waals surface area contributed by atoms with E-state index in [1.807, 2.05) is 18.2 Å². The van der Waals surface area contributed by atoms with E-state index >= 15 is 0 Å². The van der Waals surface area contributed by atoms with Gasteiger partial charge in [0.05, 0.1) is 31.0 Å². The lowest BCUT2D eigenvalue weighted by Gasteiger charge is -2.28. The first-order valence-corrected chi connectivity index (χ1v) is 13.1. The molecule has 0 aliphatic carbocycles. The first-order chi connectivity index (χ1) is 16.9. The minimum atomic E-state index is -0.566. The van der Waals surface area contributed by atoms with E-state index in [2.05, 4.69) is 56.1 Å². The van der Waals surface area contributed by atoms with E-state index in [4.69, 9.17) is 9.47 Å². The molecule has 2 N–H and O–H groups in total. The van der Waals surface area contributed by atoms with E-state index < -0.39 is 6.10 Å². The zero-order valence-electron chi connectivity index (χ0n) is 21.4. The van der Waals surface area contributed by atoms with Crippen molar-refractivity contribution in [3.63, 3.8) is 0 Å². The molecule has 3 heterocycles. The number of nitrogens with one attached hydrogen (secondary N) is 1. The third-order valence-electron chi connectivity index (χ3n) is 6.72. The van der Waals surface area contributed by atoms with Crippen LogP contribution in [-0.2, 0) is 14.3 Å². The molecule has 3 aliphatic rings. The third-order valence-corrected chi connectivity index (χ3v) is 6.72. The average molecular weight is 482 g/mol. The summed E-state index contributed by atoms with van der Waals surface area (Å²) in [7, 11) is 0. The molecule has 6 atom stereocenters. The average Bonchev–Trinajstić information content (AvgIpc) is 2.78. The Hall–Kier alpha value is -2.21. The second-order valence-electron chi connectivity index (χ2n) is 10.3.